The van der Waals surface area contributed by atoms with Gasteiger partial charge in [0.1, 0.15) is 5.78 Å². The van der Waals surface area contributed by atoms with Crippen molar-refractivity contribution in [1.82, 2.24) is 4.90 Å². The van der Waals surface area contributed by atoms with Crippen molar-refractivity contribution in [2.24, 2.45) is 0 Å². The van der Waals surface area contributed by atoms with Crippen LogP contribution in [0, 0.1) is 0 Å². The van der Waals surface area contributed by atoms with Crippen molar-refractivity contribution in [3.8, 4) is 0 Å². The second-order valence-corrected chi connectivity index (χ2v) is 5.15. The van der Waals surface area contributed by atoms with Gasteiger partial charge in [0.05, 0.1) is 0 Å². The molecule has 0 spiro atoms. The van der Waals surface area contributed by atoms with Gasteiger partial charge in [0.15, 0.2) is 0 Å². The SMILES string of the molecule is CN(C)C1(C2=CCC=CC=C2)CCC(=O)CC1. The first-order chi connectivity index (χ1) is 8.15. The van der Waals surface area contributed by atoms with Crippen LogP contribution in [0.4, 0.5) is 0 Å². The standard InChI is InChI=1S/C15H21NO/c1-16(2)15(11-9-14(17)10-12-15)13-7-5-3-4-6-8-13/h3-5,7-8H,6,9-12H2,1-2H3. The fourth-order valence-electron chi connectivity index (χ4n) is 2.86. The molecule has 0 unspecified atom stereocenters. The Bertz CT molecular complexity index is 378. The lowest BCUT2D eigenvalue weighted by Crippen LogP contribution is -2.48. The van der Waals surface area contributed by atoms with E-state index < -0.39 is 0 Å². The van der Waals surface area contributed by atoms with Crippen LogP contribution < -0.4 is 0 Å². The maximum absolute atomic E-state index is 11.5. The molecule has 2 aliphatic carbocycles. The number of rotatable bonds is 2. The highest BCUT2D eigenvalue weighted by Gasteiger charge is 2.38. The maximum Gasteiger partial charge on any atom is 0.133 e. The van der Waals surface area contributed by atoms with Crippen molar-refractivity contribution in [1.29, 1.82) is 0 Å². The lowest BCUT2D eigenvalue weighted by molar-refractivity contribution is -0.122. The van der Waals surface area contributed by atoms with E-state index in [1.807, 2.05) is 0 Å². The summed E-state index contributed by atoms with van der Waals surface area (Å²) in [5, 5.41) is 0. The zero-order valence-corrected chi connectivity index (χ0v) is 10.8. The van der Waals surface area contributed by atoms with E-state index in [0.29, 0.717) is 5.78 Å². The lowest BCUT2D eigenvalue weighted by Gasteiger charge is -2.44. The number of nitrogens with zero attached hydrogens (tertiary/aromatic N) is 1. The minimum Gasteiger partial charge on any atom is -0.300 e. The summed E-state index contributed by atoms with van der Waals surface area (Å²) in [7, 11) is 4.26. The van der Waals surface area contributed by atoms with Gasteiger partial charge in [-0.2, -0.15) is 0 Å². The summed E-state index contributed by atoms with van der Waals surface area (Å²) in [6.07, 6.45) is 15.2. The molecule has 1 saturated carbocycles. The third-order valence-corrected chi connectivity index (χ3v) is 4.03. The first-order valence-corrected chi connectivity index (χ1v) is 6.38. The zero-order valence-electron chi connectivity index (χ0n) is 10.8. The summed E-state index contributed by atoms with van der Waals surface area (Å²) in [6.45, 7) is 0. The molecule has 0 aliphatic heterocycles. The summed E-state index contributed by atoms with van der Waals surface area (Å²) in [5.74, 6) is 0.416. The van der Waals surface area contributed by atoms with Gasteiger partial charge in [-0.25, -0.2) is 0 Å². The van der Waals surface area contributed by atoms with E-state index in [2.05, 4.69) is 49.4 Å². The Morgan fingerprint density at radius 2 is 1.88 bits per heavy atom. The Balaban J connectivity index is 2.28. The Hall–Kier alpha value is -1.15. The fraction of sp³-hybridized carbons (Fsp3) is 0.533. The highest BCUT2D eigenvalue weighted by Crippen LogP contribution is 2.38. The van der Waals surface area contributed by atoms with E-state index >= 15 is 0 Å². The molecule has 2 rings (SSSR count). The third-order valence-electron chi connectivity index (χ3n) is 4.03. The molecule has 17 heavy (non-hydrogen) atoms. The molecule has 0 atom stereocenters. The van der Waals surface area contributed by atoms with E-state index in [4.69, 9.17) is 0 Å². The normalized spacial score (nSPS) is 23.7. The number of allylic oxidation sites excluding steroid dienone is 4. The lowest BCUT2D eigenvalue weighted by atomic mass is 9.74. The Kier molecular flexibility index (Phi) is 3.63. The Labute approximate surface area is 104 Å². The quantitative estimate of drug-likeness (QED) is 0.728. The smallest absolute Gasteiger partial charge is 0.133 e. The number of likely N-dealkylation sites (N-methyl/N-ethyl adjacent to an activating group) is 1. The summed E-state index contributed by atoms with van der Waals surface area (Å²) < 4.78 is 0. The molecule has 2 aliphatic rings. The number of Topliss-reactive ketones (excluding diaryl/α,β-unsaturated/α-hetero) is 1. The third kappa shape index (κ3) is 2.42. The summed E-state index contributed by atoms with van der Waals surface area (Å²) in [6, 6.07) is 0. The van der Waals surface area contributed by atoms with Gasteiger partial charge in [-0.05, 0) is 38.9 Å². The second-order valence-electron chi connectivity index (χ2n) is 5.15. The van der Waals surface area contributed by atoms with Gasteiger partial charge in [0, 0.05) is 18.4 Å². The van der Waals surface area contributed by atoms with E-state index in [1.54, 1.807) is 0 Å². The Morgan fingerprint density at radius 3 is 2.53 bits per heavy atom. The average Bonchev–Trinajstić information content (AvgIpc) is 2.59. The summed E-state index contributed by atoms with van der Waals surface area (Å²) in [4.78, 5) is 13.7. The fourth-order valence-corrected chi connectivity index (χ4v) is 2.86. The molecule has 0 saturated heterocycles. The van der Waals surface area contributed by atoms with Crippen LogP contribution in [0.3, 0.4) is 0 Å². The topological polar surface area (TPSA) is 20.3 Å². The van der Waals surface area contributed by atoms with Crippen LogP contribution in [0.1, 0.15) is 32.1 Å². The van der Waals surface area contributed by atoms with Crippen LogP contribution >= 0.6 is 0 Å². The number of hydrogen-bond donors (Lipinski definition) is 0. The van der Waals surface area contributed by atoms with Gasteiger partial charge in [0.2, 0.25) is 0 Å². The Morgan fingerprint density at radius 1 is 1.18 bits per heavy atom. The van der Waals surface area contributed by atoms with Crippen molar-refractivity contribution in [3.05, 3.63) is 36.0 Å². The van der Waals surface area contributed by atoms with E-state index in [9.17, 15) is 4.79 Å². The molecule has 1 fully saturated rings. The van der Waals surface area contributed by atoms with Crippen LogP contribution in [0.2, 0.25) is 0 Å². The van der Waals surface area contributed by atoms with Gasteiger partial charge >= 0.3 is 0 Å². The molecule has 92 valence electrons. The van der Waals surface area contributed by atoms with Gasteiger partial charge in [-0.1, -0.05) is 30.4 Å². The first-order valence-electron chi connectivity index (χ1n) is 6.38. The van der Waals surface area contributed by atoms with Gasteiger partial charge < -0.3 is 0 Å². The van der Waals surface area contributed by atoms with Crippen molar-refractivity contribution >= 4 is 5.78 Å². The average molecular weight is 231 g/mol. The predicted octanol–water partition coefficient (Wildman–Crippen LogP) is 2.87. The van der Waals surface area contributed by atoms with Crippen molar-refractivity contribution < 1.29 is 4.79 Å². The monoisotopic (exact) mass is 231 g/mol. The summed E-state index contributed by atoms with van der Waals surface area (Å²) in [5.41, 5.74) is 1.44. The van der Waals surface area contributed by atoms with E-state index in [-0.39, 0.29) is 5.54 Å². The number of hydrogen-bond acceptors (Lipinski definition) is 2. The molecule has 0 aromatic carbocycles. The van der Waals surface area contributed by atoms with Crippen LogP contribution in [0.25, 0.3) is 0 Å². The van der Waals surface area contributed by atoms with Gasteiger partial charge in [-0.15, -0.1) is 0 Å². The van der Waals surface area contributed by atoms with E-state index in [1.165, 1.54) is 5.57 Å². The van der Waals surface area contributed by atoms with Crippen molar-refractivity contribution in [2.45, 2.75) is 37.6 Å². The molecule has 0 amide bonds. The van der Waals surface area contributed by atoms with Crippen molar-refractivity contribution in [3.63, 3.8) is 0 Å². The molecule has 0 aromatic rings. The highest BCUT2D eigenvalue weighted by atomic mass is 16.1. The number of carbonyl (C=O) groups is 1. The first kappa shape index (κ1) is 12.3. The van der Waals surface area contributed by atoms with Crippen LogP contribution in [-0.2, 0) is 4.79 Å². The summed E-state index contributed by atoms with van der Waals surface area (Å²) >= 11 is 0. The number of carbonyl (C=O) groups excluding carboxylic acids is 1. The molecule has 0 N–H and O–H groups in total. The molecule has 2 heteroatoms. The van der Waals surface area contributed by atoms with Gasteiger partial charge in [0.25, 0.3) is 0 Å². The van der Waals surface area contributed by atoms with Crippen molar-refractivity contribution in [2.75, 3.05) is 14.1 Å². The molecule has 2 nitrogen and oxygen atoms in total. The van der Waals surface area contributed by atoms with Crippen LogP contribution in [0.5, 0.6) is 0 Å². The molecular formula is C15H21NO. The molecule has 0 aromatic heterocycles. The predicted molar refractivity (Wildman–Crippen MR) is 70.9 cm³/mol. The minimum atomic E-state index is 0.0659. The molecular weight excluding hydrogens is 210 g/mol. The second kappa shape index (κ2) is 5.01. The zero-order chi connectivity index (χ0) is 12.3. The maximum atomic E-state index is 11.5. The van der Waals surface area contributed by atoms with Crippen LogP contribution in [0.15, 0.2) is 36.0 Å². The van der Waals surface area contributed by atoms with Crippen LogP contribution in [-0.4, -0.2) is 30.3 Å². The largest absolute Gasteiger partial charge is 0.300 e. The highest BCUT2D eigenvalue weighted by molar-refractivity contribution is 5.79. The molecule has 0 bridgehead atoms. The van der Waals surface area contributed by atoms with Gasteiger partial charge in [-0.3, -0.25) is 9.69 Å². The number of ketones is 1. The minimum absolute atomic E-state index is 0.0659. The van der Waals surface area contributed by atoms with E-state index in [0.717, 1.165) is 32.1 Å². The molecule has 0 heterocycles. The molecule has 0 radical (unpaired) electrons.